The molecule has 2 aliphatic rings. The lowest BCUT2D eigenvalue weighted by molar-refractivity contribution is 0.113. The van der Waals surface area contributed by atoms with Crippen molar-refractivity contribution in [2.75, 3.05) is 7.11 Å². The van der Waals surface area contributed by atoms with E-state index in [4.69, 9.17) is 9.47 Å². The smallest absolute Gasteiger partial charge is 0.352 e. The molecule has 166 valence electrons. The molecule has 2 aromatic carbocycles. The first kappa shape index (κ1) is 20.2. The van der Waals surface area contributed by atoms with Crippen LogP contribution in [0, 0.1) is 0 Å². The van der Waals surface area contributed by atoms with Crippen LogP contribution in [0.5, 0.6) is 17.2 Å². The van der Waals surface area contributed by atoms with E-state index in [-0.39, 0.29) is 18.9 Å². The Bertz CT molecular complexity index is 1370. The zero-order chi connectivity index (χ0) is 22.8. The van der Waals surface area contributed by atoms with Crippen molar-refractivity contribution in [3.05, 3.63) is 80.1 Å². The molecule has 2 N–H and O–H groups in total. The van der Waals surface area contributed by atoms with E-state index < -0.39 is 23.0 Å². The highest BCUT2D eigenvalue weighted by Crippen LogP contribution is 2.46. The predicted octanol–water partition coefficient (Wildman–Crippen LogP) is 1.71. The lowest BCUT2D eigenvalue weighted by Crippen LogP contribution is -2.46. The number of hydrogen-bond donors (Lipinski definition) is 2. The second-order valence-corrected chi connectivity index (χ2v) is 8.42. The average molecular weight is 437 g/mol. The molecule has 9 nitrogen and oxygen atoms in total. The van der Waals surface area contributed by atoms with E-state index in [2.05, 4.69) is 0 Å². The first-order chi connectivity index (χ1) is 15.2. The van der Waals surface area contributed by atoms with Crippen LogP contribution < -0.4 is 20.9 Å². The van der Waals surface area contributed by atoms with Crippen molar-refractivity contribution in [3.8, 4) is 22.9 Å². The van der Waals surface area contributed by atoms with Gasteiger partial charge in [0.05, 0.1) is 25.9 Å². The molecular weight excluding hydrogens is 414 g/mol. The van der Waals surface area contributed by atoms with E-state index in [1.165, 1.54) is 28.6 Å². The molecule has 0 saturated heterocycles. The van der Waals surface area contributed by atoms with Gasteiger partial charge in [0.1, 0.15) is 28.9 Å². The summed E-state index contributed by atoms with van der Waals surface area (Å²) in [5, 5.41) is 19.5. The summed E-state index contributed by atoms with van der Waals surface area (Å²) < 4.78 is 15.3. The normalized spacial score (nSPS) is 18.1. The van der Waals surface area contributed by atoms with Crippen LogP contribution in [0.15, 0.2) is 57.6 Å². The Hall–Kier alpha value is -3.72. The van der Waals surface area contributed by atoms with Crippen LogP contribution in [0.4, 0.5) is 0 Å². The van der Waals surface area contributed by atoms with Crippen LogP contribution in [-0.2, 0) is 13.2 Å². The first-order valence-electron chi connectivity index (χ1n) is 10.2. The van der Waals surface area contributed by atoms with E-state index in [0.29, 0.717) is 28.3 Å². The molecule has 0 radical (unpaired) electrons. The summed E-state index contributed by atoms with van der Waals surface area (Å²) in [6, 6.07) is 9.01. The van der Waals surface area contributed by atoms with E-state index in [0.717, 1.165) is 10.1 Å². The topological polar surface area (TPSA) is 108 Å². The summed E-state index contributed by atoms with van der Waals surface area (Å²) >= 11 is 0. The third kappa shape index (κ3) is 2.81. The highest BCUT2D eigenvalue weighted by atomic mass is 16.5. The molecule has 3 aromatic rings. The van der Waals surface area contributed by atoms with E-state index >= 15 is 0 Å². The summed E-state index contributed by atoms with van der Waals surface area (Å²) in [5.41, 5.74) is 0.628. The number of benzene rings is 2. The molecule has 0 fully saturated rings. The van der Waals surface area contributed by atoms with Gasteiger partial charge in [-0.15, -0.1) is 0 Å². The molecule has 3 heterocycles. The van der Waals surface area contributed by atoms with Crippen LogP contribution in [-0.4, -0.2) is 36.9 Å². The zero-order valence-corrected chi connectivity index (χ0v) is 17.9. The molecule has 1 unspecified atom stereocenters. The molecule has 0 spiro atoms. The number of hydrogen-bond acceptors (Lipinski definition) is 6. The summed E-state index contributed by atoms with van der Waals surface area (Å²) in [5.74, 6) is 0.943. The molecule has 2 aliphatic heterocycles. The third-order valence-corrected chi connectivity index (χ3v) is 6.06. The van der Waals surface area contributed by atoms with Crippen molar-refractivity contribution < 1.29 is 19.7 Å². The minimum Gasteiger partial charge on any atom is -0.508 e. The van der Waals surface area contributed by atoms with Gasteiger partial charge in [0.2, 0.25) is 0 Å². The van der Waals surface area contributed by atoms with Crippen LogP contribution in [0.3, 0.4) is 0 Å². The van der Waals surface area contributed by atoms with Crippen molar-refractivity contribution in [1.82, 2.24) is 13.9 Å². The number of nitrogens with zero attached hydrogens (tertiary/aromatic N) is 3. The van der Waals surface area contributed by atoms with E-state index in [1.54, 1.807) is 24.3 Å². The molecule has 1 atom stereocenters. The Morgan fingerprint density at radius 1 is 1.16 bits per heavy atom. The van der Waals surface area contributed by atoms with Gasteiger partial charge in [0, 0.05) is 17.7 Å². The number of methoxy groups -OCH3 is 1. The van der Waals surface area contributed by atoms with Crippen molar-refractivity contribution in [2.45, 2.75) is 38.6 Å². The Kier molecular flexibility index (Phi) is 4.35. The number of phenols is 1. The number of aliphatic hydroxyl groups is 1. The minimum atomic E-state index is -0.742. The van der Waals surface area contributed by atoms with Crippen molar-refractivity contribution in [3.63, 3.8) is 0 Å². The maximum Gasteiger partial charge on any atom is 0.352 e. The monoisotopic (exact) mass is 437 g/mol. The van der Waals surface area contributed by atoms with Crippen molar-refractivity contribution in [1.29, 1.82) is 0 Å². The molecule has 32 heavy (non-hydrogen) atoms. The van der Waals surface area contributed by atoms with Gasteiger partial charge in [-0.1, -0.05) is 6.08 Å². The standard InChI is InChI=1S/C23H23N3O6/c1-23(2)18-6-7-24-21(29)25(14-8-13(12-27)9-16(10-14)31-3)22(30)26(24)20(18)17-5-4-15(28)11-19(17)32-23/h4-6,8-11,20,27-28H,7,12H2,1-3H3. The molecule has 0 amide bonds. The minimum absolute atomic E-state index is 0.0537. The summed E-state index contributed by atoms with van der Waals surface area (Å²) in [6.45, 7) is 3.74. The number of phenolic OH excluding ortho intramolecular Hbond substituents is 1. The Morgan fingerprint density at radius 3 is 2.66 bits per heavy atom. The van der Waals surface area contributed by atoms with E-state index in [1.807, 2.05) is 19.9 Å². The number of ether oxygens (including phenoxy) is 2. The average Bonchev–Trinajstić information content (AvgIpc) is 3.02. The van der Waals surface area contributed by atoms with E-state index in [9.17, 15) is 19.8 Å². The van der Waals surface area contributed by atoms with Gasteiger partial charge in [-0.3, -0.25) is 0 Å². The van der Waals surface area contributed by atoms with Crippen molar-refractivity contribution in [2.24, 2.45) is 0 Å². The van der Waals surface area contributed by atoms with Crippen LogP contribution >= 0.6 is 0 Å². The van der Waals surface area contributed by atoms with Crippen LogP contribution in [0.1, 0.15) is 31.0 Å². The SMILES string of the molecule is COc1cc(CO)cc(-n2c(=O)n3n(c2=O)C2C(=CC3)C(C)(C)Oc3cc(O)ccc32)c1. The molecule has 0 saturated carbocycles. The second kappa shape index (κ2) is 6.89. The lowest BCUT2D eigenvalue weighted by atomic mass is 9.83. The third-order valence-electron chi connectivity index (χ3n) is 6.06. The Labute approximate surface area is 183 Å². The predicted molar refractivity (Wildman–Crippen MR) is 116 cm³/mol. The Balaban J connectivity index is 1.78. The number of aromatic nitrogens is 3. The van der Waals surface area contributed by atoms with Gasteiger partial charge in [-0.05, 0) is 49.2 Å². The molecular formula is C23H23N3O6. The second-order valence-electron chi connectivity index (χ2n) is 8.42. The lowest BCUT2D eigenvalue weighted by Gasteiger charge is -2.42. The molecule has 5 rings (SSSR count). The molecule has 9 heteroatoms. The summed E-state index contributed by atoms with van der Waals surface area (Å²) in [6.07, 6.45) is 1.91. The van der Waals surface area contributed by atoms with Gasteiger partial charge < -0.3 is 19.7 Å². The van der Waals surface area contributed by atoms with Gasteiger partial charge >= 0.3 is 11.4 Å². The summed E-state index contributed by atoms with van der Waals surface area (Å²) in [7, 11) is 1.48. The van der Waals surface area contributed by atoms with Crippen LogP contribution in [0.2, 0.25) is 0 Å². The fourth-order valence-corrected chi connectivity index (χ4v) is 4.59. The maximum atomic E-state index is 13.7. The number of aromatic hydroxyl groups is 1. The fraction of sp³-hybridized carbons (Fsp3) is 0.304. The molecule has 0 aliphatic carbocycles. The summed E-state index contributed by atoms with van der Waals surface area (Å²) in [4.78, 5) is 27.0. The fourth-order valence-electron chi connectivity index (χ4n) is 4.59. The number of allylic oxidation sites excluding steroid dienone is 1. The van der Waals surface area contributed by atoms with Gasteiger partial charge in [-0.2, -0.15) is 0 Å². The Morgan fingerprint density at radius 2 is 1.94 bits per heavy atom. The number of aliphatic hydroxyl groups excluding tert-OH is 1. The first-order valence-corrected chi connectivity index (χ1v) is 10.2. The van der Waals surface area contributed by atoms with Gasteiger partial charge in [-0.25, -0.2) is 23.5 Å². The molecule has 0 bridgehead atoms. The van der Waals surface area contributed by atoms with Crippen LogP contribution in [0.25, 0.3) is 5.69 Å². The highest BCUT2D eigenvalue weighted by Gasteiger charge is 2.43. The number of rotatable bonds is 3. The highest BCUT2D eigenvalue weighted by molar-refractivity contribution is 5.51. The van der Waals surface area contributed by atoms with Gasteiger partial charge in [0.15, 0.2) is 0 Å². The largest absolute Gasteiger partial charge is 0.508 e. The quantitative estimate of drug-likeness (QED) is 0.604. The zero-order valence-electron chi connectivity index (χ0n) is 17.9. The maximum absolute atomic E-state index is 13.7. The van der Waals surface area contributed by atoms with Gasteiger partial charge in [0.25, 0.3) is 0 Å². The molecule has 1 aromatic heterocycles. The number of fused-ring (bicyclic) bond motifs is 5. The van der Waals surface area contributed by atoms with Crippen molar-refractivity contribution >= 4 is 0 Å².